The largest absolute Gasteiger partial charge is 0.373 e. The van der Waals surface area contributed by atoms with Crippen LogP contribution >= 0.6 is 23.4 Å². The molecule has 64 valence electrons. The van der Waals surface area contributed by atoms with Gasteiger partial charge in [-0.3, -0.25) is 0 Å². The Morgan fingerprint density at radius 2 is 2.42 bits per heavy atom. The fraction of sp³-hybridized carbons (Fsp3) is 0.333. The highest BCUT2D eigenvalue weighted by molar-refractivity contribution is 8.02. The van der Waals surface area contributed by atoms with E-state index in [0.29, 0.717) is 6.04 Å². The van der Waals surface area contributed by atoms with E-state index >= 15 is 0 Å². The van der Waals surface area contributed by atoms with Crippen molar-refractivity contribution in [3.63, 3.8) is 0 Å². The molecule has 1 aliphatic carbocycles. The lowest BCUT2D eigenvalue weighted by molar-refractivity contribution is 0.702. The Morgan fingerprint density at radius 1 is 1.58 bits per heavy atom. The number of thioether (sulfide) groups is 1. The fourth-order valence-electron chi connectivity index (χ4n) is 1.45. The summed E-state index contributed by atoms with van der Waals surface area (Å²) in [5.41, 5.74) is 1.31. The van der Waals surface area contributed by atoms with Crippen LogP contribution in [0.2, 0.25) is 0 Å². The second kappa shape index (κ2) is 3.19. The van der Waals surface area contributed by atoms with Gasteiger partial charge in [0.15, 0.2) is 0 Å². The maximum absolute atomic E-state index is 5.90. The molecule has 3 heteroatoms. The highest BCUT2D eigenvalue weighted by atomic mass is 35.5. The van der Waals surface area contributed by atoms with Crippen LogP contribution < -0.4 is 5.32 Å². The lowest BCUT2D eigenvalue weighted by atomic mass is 10.0. The lowest BCUT2D eigenvalue weighted by Crippen LogP contribution is -2.23. The molecule has 0 radical (unpaired) electrons. The first-order valence-electron chi connectivity index (χ1n) is 3.89. The van der Waals surface area contributed by atoms with E-state index in [1.54, 1.807) is 11.8 Å². The van der Waals surface area contributed by atoms with Crippen LogP contribution in [0.25, 0.3) is 0 Å². The molecule has 12 heavy (non-hydrogen) atoms. The average molecular weight is 200 g/mol. The molecule has 0 aromatic carbocycles. The van der Waals surface area contributed by atoms with Gasteiger partial charge in [-0.05, 0) is 30.4 Å². The van der Waals surface area contributed by atoms with Gasteiger partial charge in [-0.2, -0.15) is 0 Å². The van der Waals surface area contributed by atoms with Crippen LogP contribution in [0.1, 0.15) is 6.42 Å². The summed E-state index contributed by atoms with van der Waals surface area (Å²) >= 11 is 7.64. The molecule has 0 aromatic rings. The van der Waals surface area contributed by atoms with Crippen molar-refractivity contribution in [1.29, 1.82) is 0 Å². The van der Waals surface area contributed by atoms with Crippen molar-refractivity contribution in [3.05, 3.63) is 33.9 Å². The third-order valence-corrected chi connectivity index (χ3v) is 3.03. The van der Waals surface area contributed by atoms with Gasteiger partial charge in [-0.25, -0.2) is 0 Å². The van der Waals surface area contributed by atoms with Gasteiger partial charge < -0.3 is 5.32 Å². The zero-order valence-corrected chi connectivity index (χ0v) is 8.38. The topological polar surface area (TPSA) is 12.0 Å². The van der Waals surface area contributed by atoms with Crippen molar-refractivity contribution in [1.82, 2.24) is 5.32 Å². The molecule has 2 rings (SSSR count). The van der Waals surface area contributed by atoms with E-state index in [2.05, 4.69) is 23.7 Å². The second-order valence-corrected chi connectivity index (χ2v) is 4.16. The Labute approximate surface area is 81.6 Å². The van der Waals surface area contributed by atoms with Gasteiger partial charge >= 0.3 is 0 Å². The summed E-state index contributed by atoms with van der Waals surface area (Å²) in [4.78, 5) is 0. The number of hydrogen-bond donors (Lipinski definition) is 1. The number of halogens is 1. The quantitative estimate of drug-likeness (QED) is 0.697. The summed E-state index contributed by atoms with van der Waals surface area (Å²) in [6.07, 6.45) is 9.34. The first kappa shape index (κ1) is 8.27. The van der Waals surface area contributed by atoms with Crippen LogP contribution in [0, 0.1) is 0 Å². The van der Waals surface area contributed by atoms with Crippen LogP contribution in [0.4, 0.5) is 0 Å². The zero-order valence-electron chi connectivity index (χ0n) is 6.80. The molecule has 0 saturated carbocycles. The lowest BCUT2D eigenvalue weighted by Gasteiger charge is -2.15. The third kappa shape index (κ3) is 1.41. The van der Waals surface area contributed by atoms with E-state index < -0.39 is 0 Å². The molecule has 1 aliphatic heterocycles. The van der Waals surface area contributed by atoms with E-state index in [-0.39, 0.29) is 0 Å². The summed E-state index contributed by atoms with van der Waals surface area (Å²) in [6.45, 7) is 0. The first-order chi connectivity index (χ1) is 5.79. The Balaban J connectivity index is 2.24. The minimum Gasteiger partial charge on any atom is -0.373 e. The number of hydrogen-bond acceptors (Lipinski definition) is 2. The molecule has 1 nitrogen and oxygen atoms in total. The van der Waals surface area contributed by atoms with Crippen molar-refractivity contribution < 1.29 is 0 Å². The van der Waals surface area contributed by atoms with Gasteiger partial charge in [0.05, 0.1) is 11.1 Å². The van der Waals surface area contributed by atoms with Crippen molar-refractivity contribution in [2.75, 3.05) is 6.26 Å². The molecule has 0 fully saturated rings. The SMILES string of the molecule is CSC1=CC2=CC(Cl)=CCC2N1. The Morgan fingerprint density at radius 3 is 3.17 bits per heavy atom. The second-order valence-electron chi connectivity index (χ2n) is 2.88. The smallest absolute Gasteiger partial charge is 0.0687 e. The summed E-state index contributed by atoms with van der Waals surface area (Å²) in [7, 11) is 0. The van der Waals surface area contributed by atoms with Gasteiger partial charge in [0, 0.05) is 5.03 Å². The van der Waals surface area contributed by atoms with E-state index in [1.807, 2.05) is 6.08 Å². The Bertz CT molecular complexity index is 291. The van der Waals surface area contributed by atoms with Crippen molar-refractivity contribution >= 4 is 23.4 Å². The monoisotopic (exact) mass is 199 g/mol. The molecule has 1 unspecified atom stereocenters. The van der Waals surface area contributed by atoms with Crippen molar-refractivity contribution in [2.24, 2.45) is 0 Å². The molecule has 0 bridgehead atoms. The first-order valence-corrected chi connectivity index (χ1v) is 5.49. The number of fused-ring (bicyclic) bond motifs is 1. The van der Waals surface area contributed by atoms with Crippen LogP contribution in [0.3, 0.4) is 0 Å². The molecule has 0 spiro atoms. The van der Waals surface area contributed by atoms with Crippen LogP contribution in [0.5, 0.6) is 0 Å². The molecule has 0 amide bonds. The van der Waals surface area contributed by atoms with Crippen LogP contribution in [0.15, 0.2) is 33.9 Å². The van der Waals surface area contributed by atoms with E-state index in [9.17, 15) is 0 Å². The Kier molecular flexibility index (Phi) is 2.20. The highest BCUT2D eigenvalue weighted by Crippen LogP contribution is 2.29. The van der Waals surface area contributed by atoms with Gasteiger partial charge in [-0.1, -0.05) is 17.7 Å². The maximum atomic E-state index is 5.90. The van der Waals surface area contributed by atoms with Gasteiger partial charge in [0.2, 0.25) is 0 Å². The van der Waals surface area contributed by atoms with Gasteiger partial charge in [0.25, 0.3) is 0 Å². The third-order valence-electron chi connectivity index (χ3n) is 2.09. The van der Waals surface area contributed by atoms with E-state index in [1.165, 1.54) is 10.6 Å². The predicted octanol–water partition coefficient (Wildman–Crippen LogP) is 2.62. The number of rotatable bonds is 1. The zero-order chi connectivity index (χ0) is 8.55. The molecule has 1 heterocycles. The number of allylic oxidation sites excluding steroid dienone is 2. The molecule has 0 aromatic heterocycles. The van der Waals surface area contributed by atoms with Gasteiger partial charge in [0.1, 0.15) is 0 Å². The van der Waals surface area contributed by atoms with Gasteiger partial charge in [-0.15, -0.1) is 11.8 Å². The number of nitrogens with one attached hydrogen (secondary N) is 1. The molecule has 2 aliphatic rings. The van der Waals surface area contributed by atoms with Crippen molar-refractivity contribution in [3.8, 4) is 0 Å². The van der Waals surface area contributed by atoms with Crippen LogP contribution in [-0.4, -0.2) is 12.3 Å². The van der Waals surface area contributed by atoms with E-state index in [0.717, 1.165) is 11.5 Å². The summed E-state index contributed by atoms with van der Waals surface area (Å²) in [5.74, 6) is 0. The Hall–Kier alpha value is -0.340. The molecular weight excluding hydrogens is 190 g/mol. The summed E-state index contributed by atoms with van der Waals surface area (Å²) in [5, 5.41) is 5.52. The minimum absolute atomic E-state index is 0.468. The minimum atomic E-state index is 0.468. The molecule has 1 atom stereocenters. The molecule has 0 saturated heterocycles. The molecular formula is C9H10ClNS. The summed E-state index contributed by atoms with van der Waals surface area (Å²) in [6, 6.07) is 0.468. The average Bonchev–Trinajstić information content (AvgIpc) is 2.46. The van der Waals surface area contributed by atoms with Crippen molar-refractivity contribution in [2.45, 2.75) is 12.5 Å². The predicted molar refractivity (Wildman–Crippen MR) is 55.2 cm³/mol. The fourth-order valence-corrected chi connectivity index (χ4v) is 2.18. The highest BCUT2D eigenvalue weighted by Gasteiger charge is 2.21. The standard InChI is InChI=1S/C9H10ClNS/c1-12-9-5-6-4-7(10)2-3-8(6)11-9/h2,4-5,8,11H,3H2,1H3. The van der Waals surface area contributed by atoms with E-state index in [4.69, 9.17) is 11.6 Å². The normalized spacial score (nSPS) is 26.8. The summed E-state index contributed by atoms with van der Waals surface area (Å²) < 4.78 is 0. The maximum Gasteiger partial charge on any atom is 0.0687 e. The van der Waals surface area contributed by atoms with Crippen LogP contribution in [-0.2, 0) is 0 Å². The molecule has 1 N–H and O–H groups in total.